The van der Waals surface area contributed by atoms with Gasteiger partial charge in [-0.15, -0.1) is 0 Å². The third-order valence-electron chi connectivity index (χ3n) is 4.07. The van der Waals surface area contributed by atoms with Crippen molar-refractivity contribution >= 4 is 12.1 Å². The third kappa shape index (κ3) is 4.42. The molecule has 0 fully saturated rings. The van der Waals surface area contributed by atoms with Crippen molar-refractivity contribution in [2.75, 3.05) is 0 Å². The van der Waals surface area contributed by atoms with E-state index in [0.29, 0.717) is 12.0 Å². The van der Waals surface area contributed by atoms with Crippen LogP contribution in [0.5, 0.6) is 5.88 Å². The standard InChI is InChI=1S/C20H18N4O4/c25-17(15-9-5-2-6-10-15)23-21-13-16-18(26)22-20(28)24(19(16)27)12-11-14-7-3-1-4-8-14/h1-10,13,27H,11-12H2,(H,23,25)(H,22,26,28)/b21-13-. The fourth-order valence-corrected chi connectivity index (χ4v) is 2.59. The number of aromatic hydroxyl groups is 1. The van der Waals surface area contributed by atoms with Gasteiger partial charge in [0.05, 0.1) is 6.21 Å². The topological polar surface area (TPSA) is 117 Å². The van der Waals surface area contributed by atoms with Crippen molar-refractivity contribution in [2.24, 2.45) is 5.10 Å². The molecule has 0 aliphatic heterocycles. The molecule has 3 rings (SSSR count). The minimum atomic E-state index is -0.795. The molecule has 0 aliphatic rings. The van der Waals surface area contributed by atoms with Crippen LogP contribution in [0.15, 0.2) is 75.4 Å². The molecular weight excluding hydrogens is 360 g/mol. The normalized spacial score (nSPS) is 10.9. The van der Waals surface area contributed by atoms with Crippen LogP contribution in [0.2, 0.25) is 0 Å². The monoisotopic (exact) mass is 378 g/mol. The molecule has 1 aromatic heterocycles. The van der Waals surface area contributed by atoms with Crippen LogP contribution in [-0.2, 0) is 13.0 Å². The van der Waals surface area contributed by atoms with Crippen molar-refractivity contribution < 1.29 is 9.90 Å². The van der Waals surface area contributed by atoms with E-state index in [1.807, 2.05) is 30.3 Å². The van der Waals surface area contributed by atoms with E-state index in [-0.39, 0.29) is 12.1 Å². The third-order valence-corrected chi connectivity index (χ3v) is 4.07. The molecule has 0 saturated heterocycles. The lowest BCUT2D eigenvalue weighted by Gasteiger charge is -2.09. The van der Waals surface area contributed by atoms with Gasteiger partial charge in [-0.3, -0.25) is 19.1 Å². The lowest BCUT2D eigenvalue weighted by atomic mass is 10.1. The van der Waals surface area contributed by atoms with Gasteiger partial charge in [-0.2, -0.15) is 5.10 Å². The van der Waals surface area contributed by atoms with E-state index in [1.54, 1.807) is 30.3 Å². The van der Waals surface area contributed by atoms with Crippen molar-refractivity contribution in [1.82, 2.24) is 15.0 Å². The molecule has 0 bridgehead atoms. The number of H-pyrrole nitrogens is 1. The number of aromatic nitrogens is 2. The predicted octanol–water partition coefficient (Wildman–Crippen LogP) is 1.25. The Hall–Kier alpha value is -3.94. The average Bonchev–Trinajstić information content (AvgIpc) is 2.71. The molecular formula is C20H18N4O4. The summed E-state index contributed by atoms with van der Waals surface area (Å²) in [6, 6.07) is 17.8. The zero-order valence-electron chi connectivity index (χ0n) is 14.8. The minimum absolute atomic E-state index is 0.169. The minimum Gasteiger partial charge on any atom is -0.494 e. The van der Waals surface area contributed by atoms with Crippen LogP contribution in [0.3, 0.4) is 0 Å². The van der Waals surface area contributed by atoms with Crippen LogP contribution < -0.4 is 16.7 Å². The Labute approximate surface area is 159 Å². The first-order valence-corrected chi connectivity index (χ1v) is 8.54. The van der Waals surface area contributed by atoms with E-state index >= 15 is 0 Å². The molecule has 0 radical (unpaired) electrons. The molecule has 3 aromatic rings. The number of hydrogen-bond acceptors (Lipinski definition) is 5. The number of amides is 1. The largest absolute Gasteiger partial charge is 0.494 e. The highest BCUT2D eigenvalue weighted by molar-refractivity contribution is 5.94. The summed E-state index contributed by atoms with van der Waals surface area (Å²) in [7, 11) is 0. The highest BCUT2D eigenvalue weighted by Crippen LogP contribution is 2.09. The molecule has 8 nitrogen and oxygen atoms in total. The van der Waals surface area contributed by atoms with Gasteiger partial charge in [0.2, 0.25) is 5.88 Å². The van der Waals surface area contributed by atoms with Gasteiger partial charge in [0, 0.05) is 12.1 Å². The van der Waals surface area contributed by atoms with E-state index in [0.717, 1.165) is 16.3 Å². The van der Waals surface area contributed by atoms with Crippen LogP contribution in [0.25, 0.3) is 0 Å². The summed E-state index contributed by atoms with van der Waals surface area (Å²) in [4.78, 5) is 38.1. The molecule has 1 amide bonds. The molecule has 0 saturated carbocycles. The van der Waals surface area contributed by atoms with Crippen LogP contribution >= 0.6 is 0 Å². The fourth-order valence-electron chi connectivity index (χ4n) is 2.59. The second-order valence-corrected chi connectivity index (χ2v) is 5.95. The maximum absolute atomic E-state index is 12.0. The summed E-state index contributed by atoms with van der Waals surface area (Å²) in [5, 5.41) is 14.1. The second kappa shape index (κ2) is 8.63. The molecule has 2 aromatic carbocycles. The molecule has 8 heteroatoms. The van der Waals surface area contributed by atoms with Crippen molar-refractivity contribution in [3.8, 4) is 5.88 Å². The molecule has 142 valence electrons. The zero-order chi connectivity index (χ0) is 19.9. The predicted molar refractivity (Wildman–Crippen MR) is 105 cm³/mol. The van der Waals surface area contributed by atoms with Gasteiger partial charge in [-0.25, -0.2) is 10.2 Å². The SMILES string of the molecule is O=C(N/N=C\c1c(O)n(CCc2ccccc2)c(=O)[nH]c1=O)c1ccccc1. The summed E-state index contributed by atoms with van der Waals surface area (Å²) >= 11 is 0. The van der Waals surface area contributed by atoms with Gasteiger partial charge < -0.3 is 5.11 Å². The van der Waals surface area contributed by atoms with Gasteiger partial charge in [0.25, 0.3) is 11.5 Å². The number of aromatic amines is 1. The van der Waals surface area contributed by atoms with Crippen molar-refractivity contribution in [3.63, 3.8) is 0 Å². The van der Waals surface area contributed by atoms with Gasteiger partial charge in [0.15, 0.2) is 0 Å². The summed E-state index contributed by atoms with van der Waals surface area (Å²) in [5.41, 5.74) is 1.91. The average molecular weight is 378 g/mol. The lowest BCUT2D eigenvalue weighted by Crippen LogP contribution is -2.33. The number of aryl methyl sites for hydroxylation is 1. The van der Waals surface area contributed by atoms with Crippen LogP contribution in [-0.4, -0.2) is 26.8 Å². The zero-order valence-corrected chi connectivity index (χ0v) is 14.8. The van der Waals surface area contributed by atoms with E-state index < -0.39 is 23.0 Å². The van der Waals surface area contributed by atoms with Crippen molar-refractivity contribution in [3.05, 3.63) is 98.2 Å². The number of hydrogen-bond donors (Lipinski definition) is 3. The van der Waals surface area contributed by atoms with Crippen molar-refractivity contribution in [2.45, 2.75) is 13.0 Å². The lowest BCUT2D eigenvalue weighted by molar-refractivity contribution is 0.0955. The van der Waals surface area contributed by atoms with E-state index in [1.165, 1.54) is 0 Å². The first-order valence-electron chi connectivity index (χ1n) is 8.54. The quantitative estimate of drug-likeness (QED) is 0.442. The fraction of sp³-hybridized carbons (Fsp3) is 0.100. The first-order chi connectivity index (χ1) is 13.6. The Morgan fingerprint density at radius 3 is 2.39 bits per heavy atom. The summed E-state index contributed by atoms with van der Waals surface area (Å²) in [5.74, 6) is -0.979. The van der Waals surface area contributed by atoms with Gasteiger partial charge >= 0.3 is 5.69 Å². The van der Waals surface area contributed by atoms with E-state index in [9.17, 15) is 19.5 Å². The van der Waals surface area contributed by atoms with E-state index in [2.05, 4.69) is 15.5 Å². The highest BCUT2D eigenvalue weighted by atomic mass is 16.3. The van der Waals surface area contributed by atoms with Crippen LogP contribution in [0, 0.1) is 0 Å². The molecule has 28 heavy (non-hydrogen) atoms. The van der Waals surface area contributed by atoms with Gasteiger partial charge in [-0.05, 0) is 24.1 Å². The maximum atomic E-state index is 12.0. The molecule has 0 unspecified atom stereocenters. The van der Waals surface area contributed by atoms with Crippen LogP contribution in [0.4, 0.5) is 0 Å². The van der Waals surface area contributed by atoms with Crippen molar-refractivity contribution in [1.29, 1.82) is 0 Å². The molecule has 0 spiro atoms. The summed E-state index contributed by atoms with van der Waals surface area (Å²) in [6.45, 7) is 0.169. The summed E-state index contributed by atoms with van der Waals surface area (Å²) in [6.07, 6.45) is 1.50. The Bertz CT molecular complexity index is 1100. The van der Waals surface area contributed by atoms with E-state index in [4.69, 9.17) is 0 Å². The number of benzene rings is 2. The summed E-state index contributed by atoms with van der Waals surface area (Å²) < 4.78 is 1.05. The smallest absolute Gasteiger partial charge is 0.331 e. The number of hydrazone groups is 1. The number of nitrogens with zero attached hydrogens (tertiary/aromatic N) is 2. The Morgan fingerprint density at radius 1 is 1.07 bits per heavy atom. The van der Waals surface area contributed by atoms with Crippen LogP contribution in [0.1, 0.15) is 21.5 Å². The number of nitrogens with one attached hydrogen (secondary N) is 2. The highest BCUT2D eigenvalue weighted by Gasteiger charge is 2.13. The second-order valence-electron chi connectivity index (χ2n) is 5.95. The van der Waals surface area contributed by atoms with Gasteiger partial charge in [0.1, 0.15) is 5.56 Å². The Balaban J connectivity index is 1.78. The molecule has 0 aliphatic carbocycles. The van der Waals surface area contributed by atoms with Gasteiger partial charge in [-0.1, -0.05) is 48.5 Å². The molecule has 3 N–H and O–H groups in total. The maximum Gasteiger partial charge on any atom is 0.331 e. The number of rotatable bonds is 6. The molecule has 1 heterocycles. The number of carbonyl (C=O) groups is 1. The Kier molecular flexibility index (Phi) is 5.81. The first kappa shape index (κ1) is 18.8. The molecule has 0 atom stereocenters. The number of carbonyl (C=O) groups excluding carboxylic acids is 1. The Morgan fingerprint density at radius 2 is 1.71 bits per heavy atom.